The zero-order valence-corrected chi connectivity index (χ0v) is 14.9. The summed E-state index contributed by atoms with van der Waals surface area (Å²) in [5, 5.41) is 0.144. The van der Waals surface area contributed by atoms with Crippen molar-refractivity contribution < 1.29 is 18.7 Å². The van der Waals surface area contributed by atoms with Gasteiger partial charge in [-0.25, -0.2) is 9.18 Å². The van der Waals surface area contributed by atoms with E-state index in [9.17, 15) is 14.0 Å². The molecule has 3 rings (SSSR count). The summed E-state index contributed by atoms with van der Waals surface area (Å²) in [5.41, 5.74) is 1.17. The number of methoxy groups -OCH3 is 1. The van der Waals surface area contributed by atoms with Crippen LogP contribution in [0.4, 0.5) is 10.1 Å². The van der Waals surface area contributed by atoms with E-state index in [1.54, 1.807) is 31.2 Å². The molecule has 2 aromatic rings. The van der Waals surface area contributed by atoms with Crippen LogP contribution in [0.5, 0.6) is 0 Å². The molecule has 1 aliphatic rings. The highest BCUT2D eigenvalue weighted by Gasteiger charge is 2.38. The Hall–Kier alpha value is -2.92. The SMILES string of the molecule is COC(=O)C1=C(C)N(c2ccccc2)C(=O)/C1=C/c1c(F)cccc1Cl. The number of carbonyl (C=O) groups excluding carboxylic acids is 2. The summed E-state index contributed by atoms with van der Waals surface area (Å²) in [4.78, 5) is 26.7. The van der Waals surface area contributed by atoms with Gasteiger partial charge in [-0.05, 0) is 37.3 Å². The minimum atomic E-state index is -0.673. The zero-order valence-electron chi connectivity index (χ0n) is 14.1. The number of nitrogens with zero attached hydrogens (tertiary/aromatic N) is 1. The number of esters is 1. The maximum Gasteiger partial charge on any atom is 0.340 e. The number of ether oxygens (including phenoxy) is 1. The number of hydrogen-bond acceptors (Lipinski definition) is 3. The highest BCUT2D eigenvalue weighted by Crippen LogP contribution is 2.36. The number of hydrogen-bond donors (Lipinski definition) is 0. The van der Waals surface area contributed by atoms with Gasteiger partial charge in [-0.2, -0.15) is 0 Å². The molecule has 4 nitrogen and oxygen atoms in total. The molecule has 0 bridgehead atoms. The minimum Gasteiger partial charge on any atom is -0.465 e. The molecule has 1 amide bonds. The Morgan fingerprint density at radius 2 is 1.85 bits per heavy atom. The third-order valence-electron chi connectivity index (χ3n) is 4.09. The number of anilines is 1. The van der Waals surface area contributed by atoms with Crippen LogP contribution in [0.3, 0.4) is 0 Å². The fourth-order valence-corrected chi connectivity index (χ4v) is 3.08. The highest BCUT2D eigenvalue weighted by atomic mass is 35.5. The molecule has 2 aromatic carbocycles. The lowest BCUT2D eigenvalue weighted by Crippen LogP contribution is -2.24. The van der Waals surface area contributed by atoms with Crippen molar-refractivity contribution in [2.45, 2.75) is 6.92 Å². The van der Waals surface area contributed by atoms with Crippen LogP contribution in [-0.2, 0) is 14.3 Å². The lowest BCUT2D eigenvalue weighted by molar-refractivity contribution is -0.136. The van der Waals surface area contributed by atoms with E-state index in [1.807, 2.05) is 6.07 Å². The van der Waals surface area contributed by atoms with Gasteiger partial charge >= 0.3 is 5.97 Å². The van der Waals surface area contributed by atoms with Crippen LogP contribution in [0.1, 0.15) is 12.5 Å². The summed E-state index contributed by atoms with van der Waals surface area (Å²) in [6.45, 7) is 1.64. The molecule has 0 aromatic heterocycles. The highest BCUT2D eigenvalue weighted by molar-refractivity contribution is 6.32. The van der Waals surface area contributed by atoms with Gasteiger partial charge in [0.25, 0.3) is 5.91 Å². The second-order valence-electron chi connectivity index (χ2n) is 5.62. The van der Waals surface area contributed by atoms with Crippen LogP contribution in [0.25, 0.3) is 6.08 Å². The summed E-state index contributed by atoms with van der Waals surface area (Å²) in [7, 11) is 1.23. The smallest absolute Gasteiger partial charge is 0.340 e. The first-order valence-corrected chi connectivity index (χ1v) is 8.18. The topological polar surface area (TPSA) is 46.6 Å². The first-order chi connectivity index (χ1) is 12.5. The predicted octanol–water partition coefficient (Wildman–Crippen LogP) is 4.36. The van der Waals surface area contributed by atoms with E-state index in [0.29, 0.717) is 11.4 Å². The number of para-hydroxylation sites is 1. The standard InChI is InChI=1S/C20H15ClFNO3/c1-12-18(20(25)26-2)15(11-14-16(21)9-6-10-17(14)22)19(24)23(12)13-7-4-3-5-8-13/h3-11H,1-2H3/b15-11+. The summed E-state index contributed by atoms with van der Waals surface area (Å²) in [6, 6.07) is 13.1. The lowest BCUT2D eigenvalue weighted by Gasteiger charge is -2.17. The number of amides is 1. The molecule has 0 saturated heterocycles. The second-order valence-corrected chi connectivity index (χ2v) is 6.03. The molecule has 0 atom stereocenters. The Morgan fingerprint density at radius 1 is 1.15 bits per heavy atom. The second kappa shape index (κ2) is 7.14. The maximum absolute atomic E-state index is 14.2. The molecule has 0 radical (unpaired) electrons. The van der Waals surface area contributed by atoms with Crippen molar-refractivity contribution in [1.29, 1.82) is 0 Å². The van der Waals surface area contributed by atoms with E-state index in [4.69, 9.17) is 16.3 Å². The van der Waals surface area contributed by atoms with Crippen molar-refractivity contribution in [3.63, 3.8) is 0 Å². The summed E-state index contributed by atoms with van der Waals surface area (Å²) >= 11 is 6.06. The van der Waals surface area contributed by atoms with Crippen LogP contribution in [0, 0.1) is 5.82 Å². The Kier molecular flexibility index (Phi) is 4.91. The van der Waals surface area contributed by atoms with E-state index in [1.165, 1.54) is 36.3 Å². The van der Waals surface area contributed by atoms with E-state index in [0.717, 1.165) is 0 Å². The molecule has 0 unspecified atom stereocenters. The molecular formula is C20H15ClFNO3. The molecule has 6 heteroatoms. The third kappa shape index (κ3) is 3.02. The lowest BCUT2D eigenvalue weighted by atomic mass is 10.0. The molecule has 0 saturated carbocycles. The van der Waals surface area contributed by atoms with Crippen molar-refractivity contribution in [3.8, 4) is 0 Å². The van der Waals surface area contributed by atoms with Gasteiger partial charge in [-0.1, -0.05) is 35.9 Å². The molecule has 26 heavy (non-hydrogen) atoms. The van der Waals surface area contributed by atoms with Gasteiger partial charge < -0.3 is 4.74 Å². The fraction of sp³-hybridized carbons (Fsp3) is 0.100. The number of carbonyl (C=O) groups is 2. The van der Waals surface area contributed by atoms with E-state index >= 15 is 0 Å². The Morgan fingerprint density at radius 3 is 2.46 bits per heavy atom. The monoisotopic (exact) mass is 371 g/mol. The Labute approximate surface area is 155 Å². The van der Waals surface area contributed by atoms with E-state index in [-0.39, 0.29) is 21.7 Å². The minimum absolute atomic E-state index is 0.0326. The van der Waals surface area contributed by atoms with Crippen LogP contribution in [-0.4, -0.2) is 19.0 Å². The molecule has 0 N–H and O–H groups in total. The zero-order chi connectivity index (χ0) is 18.8. The van der Waals surface area contributed by atoms with Crippen molar-refractivity contribution in [3.05, 3.63) is 81.8 Å². The van der Waals surface area contributed by atoms with Gasteiger partial charge in [0.15, 0.2) is 0 Å². The largest absolute Gasteiger partial charge is 0.465 e. The van der Waals surface area contributed by atoms with Gasteiger partial charge in [0.2, 0.25) is 0 Å². The van der Waals surface area contributed by atoms with Gasteiger partial charge in [0.1, 0.15) is 5.82 Å². The Bertz CT molecular complexity index is 931. The first kappa shape index (κ1) is 17.9. The summed E-state index contributed by atoms with van der Waals surface area (Å²) in [5.74, 6) is -1.71. The number of halogens is 2. The van der Waals surface area contributed by atoms with Crippen molar-refractivity contribution in [2.75, 3.05) is 12.0 Å². The first-order valence-electron chi connectivity index (χ1n) is 7.80. The van der Waals surface area contributed by atoms with Crippen molar-refractivity contribution >= 4 is 35.2 Å². The van der Waals surface area contributed by atoms with Crippen LogP contribution in [0.2, 0.25) is 5.02 Å². The molecule has 0 fully saturated rings. The van der Waals surface area contributed by atoms with Gasteiger partial charge in [0, 0.05) is 16.9 Å². The van der Waals surface area contributed by atoms with Crippen LogP contribution in [0.15, 0.2) is 65.4 Å². The number of rotatable bonds is 3. The average molecular weight is 372 g/mol. The van der Waals surface area contributed by atoms with Crippen LogP contribution < -0.4 is 4.90 Å². The van der Waals surface area contributed by atoms with Crippen LogP contribution >= 0.6 is 11.6 Å². The van der Waals surface area contributed by atoms with Crippen molar-refractivity contribution in [1.82, 2.24) is 0 Å². The summed E-state index contributed by atoms with van der Waals surface area (Å²) < 4.78 is 19.0. The molecule has 1 aliphatic heterocycles. The molecule has 0 aliphatic carbocycles. The number of benzene rings is 2. The van der Waals surface area contributed by atoms with E-state index in [2.05, 4.69) is 0 Å². The third-order valence-corrected chi connectivity index (χ3v) is 4.42. The van der Waals surface area contributed by atoms with E-state index < -0.39 is 17.7 Å². The van der Waals surface area contributed by atoms with Crippen molar-refractivity contribution in [2.24, 2.45) is 0 Å². The number of allylic oxidation sites excluding steroid dienone is 1. The average Bonchev–Trinajstić information content (AvgIpc) is 2.88. The molecular weight excluding hydrogens is 357 g/mol. The predicted molar refractivity (Wildman–Crippen MR) is 98.0 cm³/mol. The summed E-state index contributed by atoms with van der Waals surface area (Å²) in [6.07, 6.45) is 1.29. The van der Waals surface area contributed by atoms with Gasteiger partial charge in [0.05, 0.1) is 23.3 Å². The Balaban J connectivity index is 2.20. The van der Waals surface area contributed by atoms with Gasteiger partial charge in [-0.15, -0.1) is 0 Å². The molecule has 0 spiro atoms. The quantitative estimate of drug-likeness (QED) is 0.595. The maximum atomic E-state index is 14.2. The molecule has 1 heterocycles. The van der Waals surface area contributed by atoms with Gasteiger partial charge in [-0.3, -0.25) is 9.69 Å². The fourth-order valence-electron chi connectivity index (χ4n) is 2.86. The molecule has 132 valence electrons. The normalized spacial score (nSPS) is 15.8.